The van der Waals surface area contributed by atoms with Crippen LogP contribution in [0.15, 0.2) is 30.6 Å². The molecule has 2 aromatic rings. The van der Waals surface area contributed by atoms with Gasteiger partial charge in [-0.25, -0.2) is 0 Å². The monoisotopic (exact) mass is 255 g/mol. The van der Waals surface area contributed by atoms with Crippen LogP contribution in [0, 0.1) is 0 Å². The second-order valence-corrected chi connectivity index (χ2v) is 5.40. The molecule has 2 aliphatic rings. The van der Waals surface area contributed by atoms with Crippen LogP contribution in [0.4, 0.5) is 0 Å². The quantitative estimate of drug-likeness (QED) is 0.833. The van der Waals surface area contributed by atoms with E-state index in [4.69, 9.17) is 5.73 Å². The number of hydrogen-bond donors (Lipinski definition) is 1. The molecule has 1 aliphatic heterocycles. The van der Waals surface area contributed by atoms with Crippen LogP contribution in [0.5, 0.6) is 0 Å². The van der Waals surface area contributed by atoms with Crippen LogP contribution >= 0.6 is 0 Å². The molecule has 1 aliphatic carbocycles. The molecule has 5 nitrogen and oxygen atoms in total. The van der Waals surface area contributed by atoms with Crippen molar-refractivity contribution in [1.82, 2.24) is 19.7 Å². The highest BCUT2D eigenvalue weighted by atomic mass is 15.3. The number of rotatable bonds is 1. The third-order valence-electron chi connectivity index (χ3n) is 4.34. The third kappa shape index (κ3) is 1.69. The van der Waals surface area contributed by atoms with Gasteiger partial charge in [-0.15, -0.1) is 10.2 Å². The lowest BCUT2D eigenvalue weighted by Gasteiger charge is -2.32. The zero-order chi connectivity index (χ0) is 12.8. The van der Waals surface area contributed by atoms with Crippen molar-refractivity contribution in [1.29, 1.82) is 0 Å². The average molecular weight is 255 g/mol. The summed E-state index contributed by atoms with van der Waals surface area (Å²) in [5, 5.41) is 8.18. The van der Waals surface area contributed by atoms with E-state index in [-0.39, 0.29) is 6.04 Å². The van der Waals surface area contributed by atoms with Gasteiger partial charge < -0.3 is 10.3 Å². The summed E-state index contributed by atoms with van der Waals surface area (Å²) in [5.41, 5.74) is 8.95. The molecule has 0 radical (unpaired) electrons. The molecule has 4 rings (SSSR count). The first-order valence-corrected chi connectivity index (χ1v) is 6.78. The van der Waals surface area contributed by atoms with Gasteiger partial charge in [0.15, 0.2) is 0 Å². The topological polar surface area (TPSA) is 60.0 Å². The summed E-state index contributed by atoms with van der Waals surface area (Å²) in [7, 11) is 0. The molecule has 0 saturated heterocycles. The standard InChI is InChI=1S/C14H17N5/c15-12-7-13(11-4-2-1-3-10(11)12)18-5-6-19-9-16-17-14(19)8-18/h1-4,9,12-13H,5-8,15H2. The van der Waals surface area contributed by atoms with Crippen LogP contribution in [-0.4, -0.2) is 26.2 Å². The highest BCUT2D eigenvalue weighted by Gasteiger charge is 2.34. The van der Waals surface area contributed by atoms with Crippen LogP contribution in [0.25, 0.3) is 0 Å². The molecule has 0 fully saturated rings. The van der Waals surface area contributed by atoms with Crippen molar-refractivity contribution >= 4 is 0 Å². The average Bonchev–Trinajstić information content (AvgIpc) is 3.03. The Bertz CT molecular complexity index is 605. The van der Waals surface area contributed by atoms with Gasteiger partial charge in [0.25, 0.3) is 0 Å². The van der Waals surface area contributed by atoms with Crippen LogP contribution < -0.4 is 5.73 Å². The Morgan fingerprint density at radius 3 is 2.89 bits per heavy atom. The molecule has 0 amide bonds. The maximum Gasteiger partial charge on any atom is 0.147 e. The van der Waals surface area contributed by atoms with E-state index in [0.717, 1.165) is 31.9 Å². The fourth-order valence-electron chi connectivity index (χ4n) is 3.34. The summed E-state index contributed by atoms with van der Waals surface area (Å²) < 4.78 is 2.14. The first kappa shape index (κ1) is 11.1. The van der Waals surface area contributed by atoms with Gasteiger partial charge in [0.05, 0.1) is 6.54 Å². The Labute approximate surface area is 112 Å². The van der Waals surface area contributed by atoms with E-state index in [1.165, 1.54) is 11.1 Å². The van der Waals surface area contributed by atoms with Gasteiger partial charge >= 0.3 is 0 Å². The summed E-state index contributed by atoms with van der Waals surface area (Å²) in [5.74, 6) is 1.06. The molecule has 1 aromatic carbocycles. The summed E-state index contributed by atoms with van der Waals surface area (Å²) in [6.45, 7) is 2.87. The Kier molecular flexibility index (Phi) is 2.43. The molecule has 19 heavy (non-hydrogen) atoms. The van der Waals surface area contributed by atoms with E-state index in [9.17, 15) is 0 Å². The van der Waals surface area contributed by atoms with E-state index in [0.29, 0.717) is 6.04 Å². The van der Waals surface area contributed by atoms with Crippen molar-refractivity contribution in [2.45, 2.75) is 31.6 Å². The van der Waals surface area contributed by atoms with Crippen molar-refractivity contribution in [3.8, 4) is 0 Å². The Hall–Kier alpha value is -1.72. The first-order chi connectivity index (χ1) is 9.33. The van der Waals surface area contributed by atoms with Gasteiger partial charge in [0.2, 0.25) is 0 Å². The maximum atomic E-state index is 6.26. The zero-order valence-corrected chi connectivity index (χ0v) is 10.7. The van der Waals surface area contributed by atoms with Crippen molar-refractivity contribution < 1.29 is 0 Å². The van der Waals surface area contributed by atoms with E-state index in [1.54, 1.807) is 0 Å². The molecule has 0 bridgehead atoms. The Balaban J connectivity index is 1.65. The minimum absolute atomic E-state index is 0.168. The summed E-state index contributed by atoms with van der Waals surface area (Å²) in [6, 6.07) is 9.15. The molecule has 2 heterocycles. The molecule has 2 unspecified atom stereocenters. The van der Waals surface area contributed by atoms with Crippen molar-refractivity contribution in [2.24, 2.45) is 5.73 Å². The molecule has 5 heteroatoms. The molecule has 2 atom stereocenters. The number of hydrogen-bond acceptors (Lipinski definition) is 4. The van der Waals surface area contributed by atoms with E-state index >= 15 is 0 Å². The fourth-order valence-corrected chi connectivity index (χ4v) is 3.34. The molecule has 0 spiro atoms. The highest BCUT2D eigenvalue weighted by molar-refractivity contribution is 5.37. The predicted molar refractivity (Wildman–Crippen MR) is 71.2 cm³/mol. The Morgan fingerprint density at radius 2 is 2.00 bits per heavy atom. The second kappa shape index (κ2) is 4.15. The summed E-state index contributed by atoms with van der Waals surface area (Å²) in [6.07, 6.45) is 2.83. The SMILES string of the molecule is NC1CC(N2CCn3cnnc3C2)c2ccccc21. The molecule has 0 saturated carbocycles. The lowest BCUT2D eigenvalue weighted by Crippen LogP contribution is -2.36. The lowest BCUT2D eigenvalue weighted by molar-refractivity contribution is 0.148. The number of nitrogens with zero attached hydrogens (tertiary/aromatic N) is 4. The van der Waals surface area contributed by atoms with Crippen molar-refractivity contribution in [3.63, 3.8) is 0 Å². The largest absolute Gasteiger partial charge is 0.324 e. The number of nitrogens with two attached hydrogens (primary N) is 1. The van der Waals surface area contributed by atoms with Gasteiger partial charge in [-0.05, 0) is 17.5 Å². The van der Waals surface area contributed by atoms with Gasteiger partial charge in [-0.1, -0.05) is 24.3 Å². The van der Waals surface area contributed by atoms with Crippen molar-refractivity contribution in [2.75, 3.05) is 6.54 Å². The van der Waals surface area contributed by atoms with Crippen LogP contribution in [-0.2, 0) is 13.1 Å². The smallest absolute Gasteiger partial charge is 0.147 e. The number of fused-ring (bicyclic) bond motifs is 2. The molecule has 1 aromatic heterocycles. The van der Waals surface area contributed by atoms with Crippen LogP contribution in [0.1, 0.15) is 35.5 Å². The minimum atomic E-state index is 0.168. The minimum Gasteiger partial charge on any atom is -0.324 e. The van der Waals surface area contributed by atoms with Crippen molar-refractivity contribution in [3.05, 3.63) is 47.5 Å². The summed E-state index contributed by atoms with van der Waals surface area (Å²) in [4.78, 5) is 2.48. The first-order valence-electron chi connectivity index (χ1n) is 6.78. The fraction of sp³-hybridized carbons (Fsp3) is 0.429. The normalized spacial score (nSPS) is 26.2. The second-order valence-electron chi connectivity index (χ2n) is 5.40. The third-order valence-corrected chi connectivity index (χ3v) is 4.34. The molecular formula is C14H17N5. The number of aromatic nitrogens is 3. The Morgan fingerprint density at radius 1 is 1.16 bits per heavy atom. The van der Waals surface area contributed by atoms with Gasteiger partial charge in [-0.3, -0.25) is 4.90 Å². The number of benzene rings is 1. The maximum absolute atomic E-state index is 6.26. The molecule has 2 N–H and O–H groups in total. The lowest BCUT2D eigenvalue weighted by atomic mass is 10.1. The zero-order valence-electron chi connectivity index (χ0n) is 10.7. The van der Waals surface area contributed by atoms with E-state index in [2.05, 4.69) is 43.9 Å². The van der Waals surface area contributed by atoms with E-state index in [1.807, 2.05) is 6.33 Å². The predicted octanol–water partition coefficient (Wildman–Crippen LogP) is 1.24. The highest BCUT2D eigenvalue weighted by Crippen LogP contribution is 2.41. The molecular weight excluding hydrogens is 238 g/mol. The summed E-state index contributed by atoms with van der Waals surface area (Å²) >= 11 is 0. The van der Waals surface area contributed by atoms with Gasteiger partial charge in [-0.2, -0.15) is 0 Å². The van der Waals surface area contributed by atoms with Gasteiger partial charge in [0, 0.05) is 25.2 Å². The van der Waals surface area contributed by atoms with Gasteiger partial charge in [0.1, 0.15) is 12.2 Å². The molecule has 98 valence electrons. The van der Waals surface area contributed by atoms with Crippen LogP contribution in [0.2, 0.25) is 0 Å². The van der Waals surface area contributed by atoms with Crippen LogP contribution in [0.3, 0.4) is 0 Å². The van der Waals surface area contributed by atoms with E-state index < -0.39 is 0 Å².